The summed E-state index contributed by atoms with van der Waals surface area (Å²) in [6.45, 7) is 7.34. The van der Waals surface area contributed by atoms with E-state index in [1.165, 1.54) is 24.8 Å². The lowest BCUT2D eigenvalue weighted by molar-refractivity contribution is 0.0950. The molecule has 1 amide bonds. The number of halogens is 2. The van der Waals surface area contributed by atoms with Crippen molar-refractivity contribution < 1.29 is 13.6 Å². The molecule has 1 aliphatic heterocycles. The van der Waals surface area contributed by atoms with Gasteiger partial charge in [-0.25, -0.2) is 13.8 Å². The van der Waals surface area contributed by atoms with Crippen LogP contribution in [0.25, 0.3) is 5.65 Å². The highest BCUT2D eigenvalue weighted by Gasteiger charge is 2.23. The monoisotopic (exact) mass is 549 g/mol. The van der Waals surface area contributed by atoms with Crippen molar-refractivity contribution in [2.75, 3.05) is 37.6 Å². The minimum absolute atomic E-state index is 0.204. The average Bonchev–Trinajstić information content (AvgIpc) is 3.14. The number of aromatic nitrogens is 2. The largest absolute Gasteiger partial charge is 0.368 e. The van der Waals surface area contributed by atoms with Gasteiger partial charge in [0.2, 0.25) is 0 Å². The quantitative estimate of drug-likeness (QED) is 0.403. The lowest BCUT2D eigenvalue weighted by atomic mass is 10.2. The molecular formula is C30H34F2N5OP. The van der Waals surface area contributed by atoms with Crippen molar-refractivity contribution in [1.29, 1.82) is 0 Å². The molecule has 1 aliphatic carbocycles. The minimum atomic E-state index is -1.57. The summed E-state index contributed by atoms with van der Waals surface area (Å²) in [5.41, 5.74) is 5.47. The Morgan fingerprint density at radius 3 is 2.49 bits per heavy atom. The van der Waals surface area contributed by atoms with Gasteiger partial charge in [0.15, 0.2) is 0 Å². The third-order valence-corrected chi connectivity index (χ3v) is 7.61. The molecule has 2 aliphatic rings. The molecule has 0 radical (unpaired) electrons. The van der Waals surface area contributed by atoms with Gasteiger partial charge in [0.05, 0.1) is 5.69 Å². The summed E-state index contributed by atoms with van der Waals surface area (Å²) < 4.78 is 29.4. The van der Waals surface area contributed by atoms with E-state index in [-0.39, 0.29) is 11.7 Å². The number of benzene rings is 1. The van der Waals surface area contributed by atoms with Gasteiger partial charge in [-0.2, -0.15) is 0 Å². The minimum Gasteiger partial charge on any atom is -0.368 e. The number of allylic oxidation sites excluding steroid dienone is 3. The molecule has 39 heavy (non-hydrogen) atoms. The molecule has 204 valence electrons. The summed E-state index contributed by atoms with van der Waals surface area (Å²) in [5.74, 6) is -0.421. The molecule has 1 fully saturated rings. The van der Waals surface area contributed by atoms with Crippen molar-refractivity contribution in [3.63, 3.8) is 0 Å². The Morgan fingerprint density at radius 2 is 1.79 bits per heavy atom. The third kappa shape index (κ3) is 6.06. The number of anilines is 1. The van der Waals surface area contributed by atoms with E-state index in [0.29, 0.717) is 35.6 Å². The molecule has 5 rings (SSSR count). The number of amides is 1. The first-order valence-electron chi connectivity index (χ1n) is 13.3. The standard InChI is InChI=1S/C30H34F2N5OP/c1-3-26-28(37-14-13-22(30(2,32)39)19-27(37)34-26)29(38)33-20-21-5-4-6-24(10-7-21)35-15-17-36(18-16-35)25-11-8-23(31)9-12-25/h5-14,19H,3-4,15-18,20,39H2,1-2H3,(H,33,38). The fraction of sp³-hybridized carbons (Fsp3) is 0.333. The average molecular weight is 550 g/mol. The van der Waals surface area contributed by atoms with Crippen LogP contribution in [0, 0.1) is 5.82 Å². The van der Waals surface area contributed by atoms with E-state index in [9.17, 15) is 13.6 Å². The fourth-order valence-corrected chi connectivity index (χ4v) is 5.23. The first-order valence-corrected chi connectivity index (χ1v) is 13.9. The molecule has 2 atom stereocenters. The summed E-state index contributed by atoms with van der Waals surface area (Å²) in [6.07, 6.45) is 11.6. The molecule has 3 heterocycles. The molecule has 1 N–H and O–H groups in total. The maximum absolute atomic E-state index is 14.4. The van der Waals surface area contributed by atoms with Crippen molar-refractivity contribution in [2.45, 2.75) is 32.1 Å². The zero-order chi connectivity index (χ0) is 27.6. The van der Waals surface area contributed by atoms with Gasteiger partial charge in [-0.1, -0.05) is 34.4 Å². The number of hydrogen-bond donors (Lipinski definition) is 1. The highest BCUT2D eigenvalue weighted by molar-refractivity contribution is 7.18. The number of pyridine rings is 1. The van der Waals surface area contributed by atoms with Crippen molar-refractivity contribution in [3.05, 3.63) is 101 Å². The topological polar surface area (TPSA) is 52.9 Å². The lowest BCUT2D eigenvalue weighted by Gasteiger charge is -2.38. The van der Waals surface area contributed by atoms with E-state index >= 15 is 0 Å². The number of fused-ring (bicyclic) bond motifs is 1. The molecule has 0 bridgehead atoms. The van der Waals surface area contributed by atoms with E-state index < -0.39 is 5.41 Å². The number of imidazole rings is 1. The van der Waals surface area contributed by atoms with E-state index in [2.05, 4.69) is 53.6 Å². The molecular weight excluding hydrogens is 515 g/mol. The molecule has 9 heteroatoms. The second-order valence-electron chi connectivity index (χ2n) is 10.1. The zero-order valence-corrected chi connectivity index (χ0v) is 23.5. The molecule has 2 aromatic heterocycles. The SMILES string of the molecule is CCc1nc2cc(C(C)(F)P)ccn2c1C(=O)NCC1=CCC=C(N2CCN(c3ccc(F)cc3)CC2)C=C1. The van der Waals surface area contributed by atoms with Crippen LogP contribution >= 0.6 is 9.24 Å². The van der Waals surface area contributed by atoms with Gasteiger partial charge >= 0.3 is 0 Å². The van der Waals surface area contributed by atoms with Gasteiger partial charge in [-0.15, -0.1) is 0 Å². The summed E-state index contributed by atoms with van der Waals surface area (Å²) in [4.78, 5) is 22.5. The van der Waals surface area contributed by atoms with Gasteiger partial charge in [0.25, 0.3) is 5.91 Å². The van der Waals surface area contributed by atoms with E-state index in [1.807, 2.05) is 19.1 Å². The van der Waals surface area contributed by atoms with Crippen LogP contribution in [-0.4, -0.2) is 52.9 Å². The summed E-state index contributed by atoms with van der Waals surface area (Å²) in [7, 11) is 2.19. The predicted molar refractivity (Wildman–Crippen MR) is 155 cm³/mol. The van der Waals surface area contributed by atoms with Crippen molar-refractivity contribution >= 4 is 26.5 Å². The van der Waals surface area contributed by atoms with E-state index in [1.54, 1.807) is 22.7 Å². The summed E-state index contributed by atoms with van der Waals surface area (Å²) >= 11 is 0. The van der Waals surface area contributed by atoms with Gasteiger partial charge in [-0.3, -0.25) is 9.20 Å². The molecule has 0 spiro atoms. The maximum atomic E-state index is 14.4. The number of alkyl halides is 1. The normalized spacial score (nSPS) is 17.5. The van der Waals surface area contributed by atoms with Gasteiger partial charge < -0.3 is 15.1 Å². The molecule has 0 saturated carbocycles. The smallest absolute Gasteiger partial charge is 0.270 e. The number of nitrogens with one attached hydrogen (secondary N) is 1. The Balaban J connectivity index is 1.20. The van der Waals surface area contributed by atoms with E-state index in [0.717, 1.165) is 43.9 Å². The number of rotatable bonds is 7. The van der Waals surface area contributed by atoms with Crippen LogP contribution in [0.15, 0.2) is 78.2 Å². The fourth-order valence-electron chi connectivity index (χ4n) is 5.05. The maximum Gasteiger partial charge on any atom is 0.270 e. The van der Waals surface area contributed by atoms with E-state index in [4.69, 9.17) is 0 Å². The van der Waals surface area contributed by atoms with Crippen molar-refractivity contribution in [2.24, 2.45) is 0 Å². The lowest BCUT2D eigenvalue weighted by Crippen LogP contribution is -2.45. The summed E-state index contributed by atoms with van der Waals surface area (Å²) in [6, 6.07) is 10.0. The van der Waals surface area contributed by atoms with Crippen molar-refractivity contribution in [3.8, 4) is 0 Å². The number of carbonyl (C=O) groups is 1. The van der Waals surface area contributed by atoms with Crippen LogP contribution < -0.4 is 10.2 Å². The first kappa shape index (κ1) is 27.1. The summed E-state index contributed by atoms with van der Waals surface area (Å²) in [5, 5.41) is 1.48. The Kier molecular flexibility index (Phi) is 7.85. The number of piperazine rings is 1. The molecule has 1 aromatic carbocycles. The number of hydrogen-bond acceptors (Lipinski definition) is 4. The highest BCUT2D eigenvalue weighted by Crippen LogP contribution is 2.33. The van der Waals surface area contributed by atoms with Crippen LogP contribution in [0.4, 0.5) is 14.5 Å². The number of carbonyl (C=O) groups excluding carboxylic acids is 1. The van der Waals surface area contributed by atoms with Crippen LogP contribution in [0.2, 0.25) is 0 Å². The molecule has 3 aromatic rings. The van der Waals surface area contributed by atoms with Gasteiger partial charge in [0, 0.05) is 50.3 Å². The number of aryl methyl sites for hydroxylation is 1. The predicted octanol–water partition coefficient (Wildman–Crippen LogP) is 5.38. The molecule has 2 unspecified atom stereocenters. The Hall–Kier alpha value is -3.51. The van der Waals surface area contributed by atoms with Gasteiger partial charge in [-0.05, 0) is 73.4 Å². The number of nitrogens with zero attached hydrogens (tertiary/aromatic N) is 4. The highest BCUT2D eigenvalue weighted by atomic mass is 31.0. The van der Waals surface area contributed by atoms with Crippen LogP contribution in [0.3, 0.4) is 0 Å². The third-order valence-electron chi connectivity index (χ3n) is 7.28. The molecule has 1 saturated heterocycles. The van der Waals surface area contributed by atoms with Gasteiger partial charge in [0.1, 0.15) is 22.6 Å². The van der Waals surface area contributed by atoms with Crippen LogP contribution in [-0.2, 0) is 11.8 Å². The second-order valence-corrected chi connectivity index (χ2v) is 11.2. The van der Waals surface area contributed by atoms with Crippen molar-refractivity contribution in [1.82, 2.24) is 19.6 Å². The Labute approximate surface area is 230 Å². The molecule has 6 nitrogen and oxygen atoms in total. The zero-order valence-electron chi connectivity index (χ0n) is 22.3. The Morgan fingerprint density at radius 1 is 1.08 bits per heavy atom. The van der Waals surface area contributed by atoms with Crippen LogP contribution in [0.1, 0.15) is 42.0 Å². The Bertz CT molecular complexity index is 1440. The first-order chi connectivity index (χ1) is 18.7. The second kappa shape index (κ2) is 11.3. The van der Waals surface area contributed by atoms with Crippen LogP contribution in [0.5, 0.6) is 0 Å².